The number of hydrogen-bond acceptors (Lipinski definition) is 3. The molecule has 0 aliphatic carbocycles. The van der Waals surface area contributed by atoms with E-state index in [1.807, 2.05) is 12.1 Å². The van der Waals surface area contributed by atoms with Crippen molar-refractivity contribution >= 4 is 28.9 Å². The van der Waals surface area contributed by atoms with Gasteiger partial charge in [-0.1, -0.05) is 23.2 Å². The van der Waals surface area contributed by atoms with Crippen LogP contribution in [-0.2, 0) is 11.3 Å². The van der Waals surface area contributed by atoms with Crippen molar-refractivity contribution in [2.24, 2.45) is 0 Å². The molecule has 1 atom stereocenters. The average Bonchev–Trinajstić information content (AvgIpc) is 2.22. The fourth-order valence-electron chi connectivity index (χ4n) is 2.69. The van der Waals surface area contributed by atoms with Gasteiger partial charge in [0.2, 0.25) is 0 Å². The van der Waals surface area contributed by atoms with E-state index in [0.717, 1.165) is 25.2 Å². The maximum Gasteiger partial charge on any atom is 0.0757 e. The minimum Gasteiger partial charge on any atom is -0.396 e. The monoisotopic (exact) mass is 302 g/mol. The predicted molar refractivity (Wildman–Crippen MR) is 80.8 cm³/mol. The fraction of sp³-hybridized carbons (Fsp3) is 0.571. The molecule has 5 heteroatoms. The molecule has 1 fully saturated rings. The van der Waals surface area contributed by atoms with Crippen molar-refractivity contribution in [3.8, 4) is 0 Å². The lowest BCUT2D eigenvalue weighted by atomic mass is 10.0. The van der Waals surface area contributed by atoms with Gasteiger partial charge in [-0.25, -0.2) is 0 Å². The minimum absolute atomic E-state index is 0.126. The number of nitrogens with zero attached hydrogens (tertiary/aromatic N) is 1. The van der Waals surface area contributed by atoms with Gasteiger partial charge in [-0.2, -0.15) is 0 Å². The molecule has 0 bridgehead atoms. The van der Waals surface area contributed by atoms with Crippen LogP contribution in [0, 0.1) is 0 Å². The molecule has 0 aromatic heterocycles. The van der Waals surface area contributed by atoms with Gasteiger partial charge in [-0.05, 0) is 38.5 Å². The van der Waals surface area contributed by atoms with Gasteiger partial charge in [0.25, 0.3) is 0 Å². The van der Waals surface area contributed by atoms with E-state index >= 15 is 0 Å². The lowest BCUT2D eigenvalue weighted by molar-refractivity contribution is -0.130. The molecule has 1 aliphatic rings. The van der Waals surface area contributed by atoms with E-state index in [4.69, 9.17) is 33.7 Å². The zero-order chi connectivity index (χ0) is 14.2. The molecule has 1 aromatic rings. The van der Waals surface area contributed by atoms with E-state index in [1.165, 1.54) is 0 Å². The van der Waals surface area contributed by atoms with Crippen LogP contribution in [0.25, 0.3) is 0 Å². The van der Waals surface area contributed by atoms with Crippen LogP contribution in [0.15, 0.2) is 12.1 Å². The third-order valence-electron chi connectivity index (χ3n) is 3.18. The quantitative estimate of drug-likeness (QED) is 0.849. The first-order valence-corrected chi connectivity index (χ1v) is 7.16. The fourth-order valence-corrected chi connectivity index (χ4v) is 3.22. The minimum atomic E-state index is -0.126. The highest BCUT2D eigenvalue weighted by atomic mass is 35.5. The van der Waals surface area contributed by atoms with Crippen LogP contribution in [0.3, 0.4) is 0 Å². The van der Waals surface area contributed by atoms with Crippen LogP contribution in [0.4, 0.5) is 5.69 Å². The smallest absolute Gasteiger partial charge is 0.0757 e. The van der Waals surface area contributed by atoms with Gasteiger partial charge in [0, 0.05) is 19.6 Å². The summed E-state index contributed by atoms with van der Waals surface area (Å²) >= 11 is 12.1. The molecule has 0 saturated carbocycles. The summed E-state index contributed by atoms with van der Waals surface area (Å²) in [7, 11) is 0. The number of nitrogens with two attached hydrogens (primary N) is 1. The molecule has 1 aliphatic heterocycles. The largest absolute Gasteiger partial charge is 0.396 e. The van der Waals surface area contributed by atoms with Crippen molar-refractivity contribution in [1.82, 2.24) is 4.90 Å². The van der Waals surface area contributed by atoms with Crippen LogP contribution < -0.4 is 5.73 Å². The molecular weight excluding hydrogens is 283 g/mol. The van der Waals surface area contributed by atoms with Crippen molar-refractivity contribution in [3.05, 3.63) is 27.7 Å². The SMILES string of the molecule is CC1CN(Cc2cc(Cl)c(N)c(Cl)c2)CC(C)(C)O1. The normalized spacial score (nSPS) is 23.5. The molecule has 1 unspecified atom stereocenters. The Kier molecular flexibility index (Phi) is 4.31. The number of ether oxygens (including phenoxy) is 1. The molecule has 0 amide bonds. The summed E-state index contributed by atoms with van der Waals surface area (Å²) in [6.45, 7) is 8.91. The zero-order valence-corrected chi connectivity index (χ0v) is 13.1. The second-order valence-corrected chi connectivity index (χ2v) is 6.65. The number of halogens is 2. The molecule has 2 rings (SSSR count). The lowest BCUT2D eigenvalue weighted by Crippen LogP contribution is -2.51. The highest BCUT2D eigenvalue weighted by Crippen LogP contribution is 2.30. The Labute approximate surface area is 124 Å². The summed E-state index contributed by atoms with van der Waals surface area (Å²) in [5.74, 6) is 0. The van der Waals surface area contributed by atoms with Gasteiger partial charge in [-0.3, -0.25) is 4.90 Å². The van der Waals surface area contributed by atoms with Crippen molar-refractivity contribution in [3.63, 3.8) is 0 Å². The summed E-state index contributed by atoms with van der Waals surface area (Å²) in [5.41, 5.74) is 7.15. The highest BCUT2D eigenvalue weighted by Gasteiger charge is 2.31. The summed E-state index contributed by atoms with van der Waals surface area (Å²) in [4.78, 5) is 2.35. The van der Waals surface area contributed by atoms with Crippen molar-refractivity contribution in [2.75, 3.05) is 18.8 Å². The molecule has 106 valence electrons. The maximum atomic E-state index is 6.07. The molecule has 1 saturated heterocycles. The van der Waals surface area contributed by atoms with E-state index in [-0.39, 0.29) is 11.7 Å². The van der Waals surface area contributed by atoms with Crippen molar-refractivity contribution in [2.45, 2.75) is 39.0 Å². The highest BCUT2D eigenvalue weighted by molar-refractivity contribution is 6.38. The Bertz CT molecular complexity index is 454. The maximum absolute atomic E-state index is 6.07. The van der Waals surface area contributed by atoms with E-state index in [0.29, 0.717) is 15.7 Å². The molecule has 3 nitrogen and oxygen atoms in total. The Morgan fingerprint density at radius 2 is 1.95 bits per heavy atom. The van der Waals surface area contributed by atoms with Crippen LogP contribution in [0.1, 0.15) is 26.3 Å². The third kappa shape index (κ3) is 3.76. The summed E-state index contributed by atoms with van der Waals surface area (Å²) in [6.07, 6.45) is 0.225. The van der Waals surface area contributed by atoms with Gasteiger partial charge in [0.05, 0.1) is 27.4 Å². The van der Waals surface area contributed by atoms with Crippen LogP contribution in [0.5, 0.6) is 0 Å². The van der Waals surface area contributed by atoms with E-state index in [9.17, 15) is 0 Å². The van der Waals surface area contributed by atoms with Crippen LogP contribution in [-0.4, -0.2) is 29.7 Å². The number of morpholine rings is 1. The standard InChI is InChI=1S/C14H20Cl2N2O/c1-9-6-18(8-14(2,3)19-9)7-10-4-11(15)13(17)12(16)5-10/h4-5,9H,6-8,17H2,1-3H3. The zero-order valence-electron chi connectivity index (χ0n) is 11.5. The average molecular weight is 303 g/mol. The number of nitrogen functional groups attached to an aromatic ring is 1. The number of rotatable bonds is 2. The molecule has 19 heavy (non-hydrogen) atoms. The second-order valence-electron chi connectivity index (χ2n) is 5.83. The molecule has 0 spiro atoms. The first-order valence-electron chi connectivity index (χ1n) is 6.40. The lowest BCUT2D eigenvalue weighted by Gasteiger charge is -2.41. The van der Waals surface area contributed by atoms with Crippen molar-refractivity contribution in [1.29, 1.82) is 0 Å². The van der Waals surface area contributed by atoms with Gasteiger partial charge in [0.1, 0.15) is 0 Å². The number of benzene rings is 1. The Morgan fingerprint density at radius 3 is 2.47 bits per heavy atom. The van der Waals surface area contributed by atoms with E-state index < -0.39 is 0 Å². The Balaban J connectivity index is 2.13. The first kappa shape index (κ1) is 14.9. The summed E-state index contributed by atoms with van der Waals surface area (Å²) in [6, 6.07) is 3.77. The van der Waals surface area contributed by atoms with Gasteiger partial charge in [-0.15, -0.1) is 0 Å². The summed E-state index contributed by atoms with van der Waals surface area (Å²) < 4.78 is 5.89. The summed E-state index contributed by atoms with van der Waals surface area (Å²) in [5, 5.41) is 1.03. The van der Waals surface area contributed by atoms with E-state index in [1.54, 1.807) is 0 Å². The second kappa shape index (κ2) is 5.49. The van der Waals surface area contributed by atoms with Crippen LogP contribution >= 0.6 is 23.2 Å². The van der Waals surface area contributed by atoms with Gasteiger partial charge in [0.15, 0.2) is 0 Å². The number of anilines is 1. The van der Waals surface area contributed by atoms with Crippen LogP contribution in [0.2, 0.25) is 10.0 Å². The van der Waals surface area contributed by atoms with E-state index in [2.05, 4.69) is 25.7 Å². The number of hydrogen-bond donors (Lipinski definition) is 1. The third-order valence-corrected chi connectivity index (χ3v) is 3.81. The molecule has 1 aromatic carbocycles. The molecular formula is C14H20Cl2N2O. The molecule has 1 heterocycles. The van der Waals surface area contributed by atoms with Gasteiger partial charge < -0.3 is 10.5 Å². The van der Waals surface area contributed by atoms with Gasteiger partial charge >= 0.3 is 0 Å². The molecule has 2 N–H and O–H groups in total. The topological polar surface area (TPSA) is 38.5 Å². The molecule has 0 radical (unpaired) electrons. The Hall–Kier alpha value is -0.480. The predicted octanol–water partition coefficient (Wildman–Crippen LogP) is 3.57. The van der Waals surface area contributed by atoms with Crippen molar-refractivity contribution < 1.29 is 4.74 Å². The first-order chi connectivity index (χ1) is 8.77. The Morgan fingerprint density at radius 1 is 1.37 bits per heavy atom.